The van der Waals surface area contributed by atoms with Gasteiger partial charge in [-0.15, -0.1) is 11.8 Å². The molecule has 0 aliphatic carbocycles. The van der Waals surface area contributed by atoms with Gasteiger partial charge in [0.1, 0.15) is 11.1 Å². The molecule has 3 rings (SSSR count). The van der Waals surface area contributed by atoms with Crippen molar-refractivity contribution in [2.75, 3.05) is 19.4 Å². The van der Waals surface area contributed by atoms with Crippen molar-refractivity contribution >= 4 is 17.7 Å². The molecule has 1 heterocycles. The number of benzene rings is 2. The van der Waals surface area contributed by atoms with Gasteiger partial charge in [-0.05, 0) is 23.3 Å². The van der Waals surface area contributed by atoms with E-state index in [9.17, 15) is 4.79 Å². The minimum Gasteiger partial charge on any atom is -0.497 e. The fourth-order valence-electron chi connectivity index (χ4n) is 2.64. The molecule has 1 aliphatic heterocycles. The first-order valence-corrected chi connectivity index (χ1v) is 8.42. The third kappa shape index (κ3) is 3.28. The minimum atomic E-state index is 0.113. The summed E-state index contributed by atoms with van der Waals surface area (Å²) in [6.07, 6.45) is 0.466. The molecule has 0 N–H and O–H groups in total. The van der Waals surface area contributed by atoms with Crippen molar-refractivity contribution in [2.24, 2.45) is 0 Å². The van der Waals surface area contributed by atoms with E-state index >= 15 is 0 Å². The SMILES string of the molecule is COc1ccc(C2SCCN2C(=O)Cc2ccccc2)cc1. The molecule has 0 spiro atoms. The Kier molecular flexibility index (Phi) is 4.68. The van der Waals surface area contributed by atoms with Crippen molar-refractivity contribution in [1.29, 1.82) is 0 Å². The summed E-state index contributed by atoms with van der Waals surface area (Å²) >= 11 is 1.82. The van der Waals surface area contributed by atoms with Crippen molar-refractivity contribution in [3.63, 3.8) is 0 Å². The highest BCUT2D eigenvalue weighted by molar-refractivity contribution is 7.99. The summed E-state index contributed by atoms with van der Waals surface area (Å²) in [6.45, 7) is 0.813. The van der Waals surface area contributed by atoms with Gasteiger partial charge in [-0.3, -0.25) is 4.79 Å². The van der Waals surface area contributed by atoms with Gasteiger partial charge >= 0.3 is 0 Å². The Morgan fingerprint density at radius 2 is 1.91 bits per heavy atom. The number of hydrogen-bond donors (Lipinski definition) is 0. The lowest BCUT2D eigenvalue weighted by atomic mass is 10.1. The van der Waals surface area contributed by atoms with Crippen LogP contribution in [0.15, 0.2) is 54.6 Å². The van der Waals surface area contributed by atoms with Crippen molar-refractivity contribution < 1.29 is 9.53 Å². The Morgan fingerprint density at radius 3 is 2.59 bits per heavy atom. The Bertz CT molecular complexity index is 627. The Labute approximate surface area is 135 Å². The van der Waals surface area contributed by atoms with E-state index in [0.717, 1.165) is 29.2 Å². The zero-order valence-corrected chi connectivity index (χ0v) is 13.4. The fraction of sp³-hybridized carbons (Fsp3) is 0.278. The Morgan fingerprint density at radius 1 is 1.18 bits per heavy atom. The van der Waals surface area contributed by atoms with E-state index in [0.29, 0.717) is 6.42 Å². The predicted octanol–water partition coefficient (Wildman–Crippen LogP) is 3.51. The van der Waals surface area contributed by atoms with Crippen LogP contribution < -0.4 is 4.74 Å². The quantitative estimate of drug-likeness (QED) is 0.865. The summed E-state index contributed by atoms with van der Waals surface area (Å²) < 4.78 is 5.20. The largest absolute Gasteiger partial charge is 0.497 e. The monoisotopic (exact) mass is 313 g/mol. The van der Waals surface area contributed by atoms with Gasteiger partial charge in [-0.2, -0.15) is 0 Å². The highest BCUT2D eigenvalue weighted by Gasteiger charge is 2.30. The van der Waals surface area contributed by atoms with Crippen LogP contribution in [-0.2, 0) is 11.2 Å². The van der Waals surface area contributed by atoms with Crippen LogP contribution in [0, 0.1) is 0 Å². The van der Waals surface area contributed by atoms with E-state index in [-0.39, 0.29) is 11.3 Å². The third-order valence-corrected chi connectivity index (χ3v) is 5.07. The summed E-state index contributed by atoms with van der Waals surface area (Å²) in [5, 5.41) is 0.113. The van der Waals surface area contributed by atoms with Crippen LogP contribution in [0.4, 0.5) is 0 Å². The second-order valence-corrected chi connectivity index (χ2v) is 6.43. The summed E-state index contributed by atoms with van der Waals surface area (Å²) in [6, 6.07) is 17.9. The van der Waals surface area contributed by atoms with Crippen molar-refractivity contribution in [3.05, 3.63) is 65.7 Å². The molecule has 1 atom stereocenters. The van der Waals surface area contributed by atoms with E-state index in [1.807, 2.05) is 71.3 Å². The van der Waals surface area contributed by atoms with Crippen LogP contribution in [-0.4, -0.2) is 30.2 Å². The highest BCUT2D eigenvalue weighted by atomic mass is 32.2. The molecule has 2 aromatic rings. The van der Waals surface area contributed by atoms with Gasteiger partial charge in [0, 0.05) is 12.3 Å². The van der Waals surface area contributed by atoms with Crippen LogP contribution in [0.3, 0.4) is 0 Å². The number of hydrogen-bond acceptors (Lipinski definition) is 3. The molecular weight excluding hydrogens is 294 g/mol. The first-order chi connectivity index (χ1) is 10.8. The number of ether oxygens (including phenoxy) is 1. The van der Waals surface area contributed by atoms with Gasteiger partial charge in [0.15, 0.2) is 0 Å². The molecule has 0 radical (unpaired) electrons. The molecule has 0 aromatic heterocycles. The molecule has 0 saturated carbocycles. The van der Waals surface area contributed by atoms with E-state index in [4.69, 9.17) is 4.74 Å². The van der Waals surface area contributed by atoms with Gasteiger partial charge in [-0.1, -0.05) is 42.5 Å². The zero-order valence-electron chi connectivity index (χ0n) is 12.6. The first-order valence-electron chi connectivity index (χ1n) is 7.37. The number of carbonyl (C=O) groups excluding carboxylic acids is 1. The van der Waals surface area contributed by atoms with Crippen LogP contribution >= 0.6 is 11.8 Å². The number of nitrogens with zero attached hydrogens (tertiary/aromatic N) is 1. The maximum atomic E-state index is 12.6. The standard InChI is InChI=1S/C18H19NO2S/c1-21-16-9-7-15(8-10-16)18-19(11-12-22-18)17(20)13-14-5-3-2-4-6-14/h2-10,18H,11-13H2,1H3. The second kappa shape index (κ2) is 6.88. The van der Waals surface area contributed by atoms with Gasteiger partial charge in [0.05, 0.1) is 13.5 Å². The van der Waals surface area contributed by atoms with E-state index in [2.05, 4.69) is 0 Å². The van der Waals surface area contributed by atoms with Crippen molar-refractivity contribution in [2.45, 2.75) is 11.8 Å². The predicted molar refractivity (Wildman–Crippen MR) is 90.1 cm³/mol. The molecule has 22 heavy (non-hydrogen) atoms. The lowest BCUT2D eigenvalue weighted by Gasteiger charge is -2.24. The molecule has 1 unspecified atom stereocenters. The number of thioether (sulfide) groups is 1. The van der Waals surface area contributed by atoms with Crippen LogP contribution in [0.25, 0.3) is 0 Å². The van der Waals surface area contributed by atoms with Crippen molar-refractivity contribution in [1.82, 2.24) is 4.90 Å². The lowest BCUT2D eigenvalue weighted by Crippen LogP contribution is -2.31. The second-order valence-electron chi connectivity index (χ2n) is 5.25. The molecule has 1 amide bonds. The topological polar surface area (TPSA) is 29.5 Å². The molecule has 1 aliphatic rings. The van der Waals surface area contributed by atoms with Gasteiger partial charge in [0.25, 0.3) is 0 Å². The normalized spacial score (nSPS) is 17.5. The molecule has 3 nitrogen and oxygen atoms in total. The number of carbonyl (C=O) groups is 1. The van der Waals surface area contributed by atoms with Gasteiger partial charge in [0.2, 0.25) is 5.91 Å². The number of amides is 1. The summed E-state index contributed by atoms with van der Waals surface area (Å²) in [4.78, 5) is 14.6. The molecular formula is C18H19NO2S. The molecule has 2 aromatic carbocycles. The van der Waals surface area contributed by atoms with Crippen LogP contribution in [0.1, 0.15) is 16.5 Å². The average Bonchev–Trinajstić information content (AvgIpc) is 3.05. The van der Waals surface area contributed by atoms with E-state index < -0.39 is 0 Å². The maximum absolute atomic E-state index is 12.6. The van der Waals surface area contributed by atoms with E-state index in [1.54, 1.807) is 7.11 Å². The number of methoxy groups -OCH3 is 1. The average molecular weight is 313 g/mol. The Hall–Kier alpha value is -1.94. The summed E-state index contributed by atoms with van der Waals surface area (Å²) in [5.74, 6) is 2.02. The van der Waals surface area contributed by atoms with Crippen LogP contribution in [0.2, 0.25) is 0 Å². The molecule has 0 bridgehead atoms. The minimum absolute atomic E-state index is 0.113. The molecule has 114 valence electrons. The third-order valence-electron chi connectivity index (χ3n) is 3.81. The summed E-state index contributed by atoms with van der Waals surface area (Å²) in [5.41, 5.74) is 2.22. The first kappa shape index (κ1) is 15.0. The van der Waals surface area contributed by atoms with Crippen molar-refractivity contribution in [3.8, 4) is 5.75 Å². The van der Waals surface area contributed by atoms with Gasteiger partial charge < -0.3 is 9.64 Å². The molecule has 4 heteroatoms. The molecule has 1 saturated heterocycles. The van der Waals surface area contributed by atoms with E-state index in [1.165, 1.54) is 0 Å². The van der Waals surface area contributed by atoms with Gasteiger partial charge in [-0.25, -0.2) is 0 Å². The summed E-state index contributed by atoms with van der Waals surface area (Å²) in [7, 11) is 1.66. The zero-order chi connectivity index (χ0) is 15.4. The maximum Gasteiger partial charge on any atom is 0.228 e. The highest BCUT2D eigenvalue weighted by Crippen LogP contribution is 2.38. The number of rotatable bonds is 4. The smallest absolute Gasteiger partial charge is 0.228 e. The molecule has 1 fully saturated rings. The lowest BCUT2D eigenvalue weighted by molar-refractivity contribution is -0.130. The Balaban J connectivity index is 1.73. The van der Waals surface area contributed by atoms with Crippen LogP contribution in [0.5, 0.6) is 5.75 Å². The fourth-order valence-corrected chi connectivity index (χ4v) is 3.92.